The van der Waals surface area contributed by atoms with Gasteiger partial charge in [-0.3, -0.25) is 14.8 Å². The number of ether oxygens (including phenoxy) is 1. The van der Waals surface area contributed by atoms with Crippen molar-refractivity contribution < 1.29 is 34.9 Å². The van der Waals surface area contributed by atoms with E-state index in [2.05, 4.69) is 41.8 Å². The van der Waals surface area contributed by atoms with Gasteiger partial charge in [0.25, 0.3) is 0 Å². The fourth-order valence-corrected chi connectivity index (χ4v) is 2.79. The minimum atomic E-state index is -0.660. The number of hydrogen-bond acceptors (Lipinski definition) is 5. The van der Waals surface area contributed by atoms with Crippen LogP contribution < -0.4 is 18.9 Å². The molecule has 0 aliphatic heterocycles. The van der Waals surface area contributed by atoms with Gasteiger partial charge in [0.05, 0.1) is 18.6 Å². The third-order valence-electron chi connectivity index (χ3n) is 4.09. The number of aliphatic hydroxyl groups is 1. The predicted octanol–water partition coefficient (Wildman–Crippen LogP) is 1.53. The van der Waals surface area contributed by atoms with Crippen LogP contribution in [0.2, 0.25) is 0 Å². The van der Waals surface area contributed by atoms with Gasteiger partial charge in [-0.05, 0) is 75.9 Å². The second kappa shape index (κ2) is 13.6. The molecule has 153 valence electrons. The van der Waals surface area contributed by atoms with Gasteiger partial charge in [0.15, 0.2) is 0 Å². The van der Waals surface area contributed by atoms with Gasteiger partial charge in [-0.25, -0.2) is 0 Å². The van der Waals surface area contributed by atoms with Gasteiger partial charge in [-0.2, -0.15) is 0 Å². The van der Waals surface area contributed by atoms with E-state index in [4.69, 9.17) is 9.84 Å². The molecule has 2 aromatic heterocycles. The third-order valence-corrected chi connectivity index (χ3v) is 4.96. The Morgan fingerprint density at radius 1 is 1.03 bits per heavy atom. The average Bonchev–Trinajstić information content (AvgIpc) is 2.62. The van der Waals surface area contributed by atoms with Gasteiger partial charge < -0.3 is 11.3 Å². The summed E-state index contributed by atoms with van der Waals surface area (Å²) >= 11 is 6.67. The summed E-state index contributed by atoms with van der Waals surface area (Å²) < 4.78 is 6.82. The number of aliphatic hydroxyl groups excluding tert-OH is 1. The minimum absolute atomic E-state index is 0. The molecule has 0 aromatic carbocycles. The van der Waals surface area contributed by atoms with Gasteiger partial charge in [0.1, 0.15) is 0 Å². The third kappa shape index (κ3) is 9.35. The molecule has 5 nitrogen and oxygen atoms in total. The maximum atomic E-state index is 11.7. The molecule has 0 amide bonds. The van der Waals surface area contributed by atoms with E-state index >= 15 is 0 Å². The zero-order chi connectivity index (χ0) is 20.7. The van der Waals surface area contributed by atoms with E-state index in [1.807, 2.05) is 39.8 Å². The van der Waals surface area contributed by atoms with E-state index in [-0.39, 0.29) is 46.7 Å². The summed E-state index contributed by atoms with van der Waals surface area (Å²) in [5.41, 5.74) is 1.01. The SMILES string of the molecule is CC(C)(CO)c1cncc(Br)c1.CCOC(=O)C(C)(C)c1cncc(Br)c1.[B].[H-].[Li+]. The predicted molar refractivity (Wildman–Crippen MR) is 121 cm³/mol. The van der Waals surface area contributed by atoms with Gasteiger partial charge in [0, 0.05) is 47.6 Å². The zero-order valence-electron chi connectivity index (χ0n) is 18.9. The molecule has 0 bridgehead atoms. The smallest absolute Gasteiger partial charge is 1.00 e. The van der Waals surface area contributed by atoms with E-state index in [9.17, 15) is 4.79 Å². The molecule has 2 aromatic rings. The number of halogens is 2. The van der Waals surface area contributed by atoms with Crippen LogP contribution in [0, 0.1) is 0 Å². The molecular weight excluding hydrogens is 494 g/mol. The van der Waals surface area contributed by atoms with Crippen LogP contribution in [0.5, 0.6) is 0 Å². The molecule has 0 unspecified atom stereocenters. The number of carbonyl (C=O) groups is 1. The Labute approximate surface area is 205 Å². The first-order valence-corrected chi connectivity index (χ1v) is 10.1. The first-order valence-electron chi connectivity index (χ1n) is 8.54. The summed E-state index contributed by atoms with van der Waals surface area (Å²) in [4.78, 5) is 19.8. The molecule has 2 heterocycles. The summed E-state index contributed by atoms with van der Waals surface area (Å²) in [6, 6.07) is 3.85. The van der Waals surface area contributed by atoms with E-state index in [0.29, 0.717) is 6.61 Å². The van der Waals surface area contributed by atoms with Crippen molar-refractivity contribution in [1.82, 2.24) is 9.97 Å². The number of pyridine rings is 2. The van der Waals surface area contributed by atoms with Gasteiger partial charge in [0.2, 0.25) is 0 Å². The van der Waals surface area contributed by atoms with Crippen molar-refractivity contribution in [1.29, 1.82) is 0 Å². The monoisotopic (exact) mass is 519 g/mol. The normalized spacial score (nSPS) is 10.6. The minimum Gasteiger partial charge on any atom is -1.00 e. The van der Waals surface area contributed by atoms with E-state index in [1.165, 1.54) is 0 Å². The molecule has 0 saturated heterocycles. The quantitative estimate of drug-likeness (QED) is 0.478. The van der Waals surface area contributed by atoms with Crippen LogP contribution in [0.1, 0.15) is 47.2 Å². The van der Waals surface area contributed by atoms with E-state index in [0.717, 1.165) is 20.1 Å². The van der Waals surface area contributed by atoms with Crippen LogP contribution in [0.4, 0.5) is 0 Å². The summed E-state index contributed by atoms with van der Waals surface area (Å²) in [7, 11) is 0. The van der Waals surface area contributed by atoms with Crippen molar-refractivity contribution in [3.63, 3.8) is 0 Å². The second-order valence-corrected chi connectivity index (χ2v) is 9.00. The van der Waals surface area contributed by atoms with Gasteiger partial charge in [-0.15, -0.1) is 0 Å². The van der Waals surface area contributed by atoms with Crippen LogP contribution in [0.3, 0.4) is 0 Å². The summed E-state index contributed by atoms with van der Waals surface area (Å²) in [5, 5.41) is 9.10. The van der Waals surface area contributed by atoms with E-state index in [1.54, 1.807) is 31.7 Å². The van der Waals surface area contributed by atoms with Crippen molar-refractivity contribution >= 4 is 46.2 Å². The number of carbonyl (C=O) groups excluding carboxylic acids is 1. The molecular formula is C20H27BBr2LiN2O3. The molecule has 9 heteroatoms. The molecule has 0 spiro atoms. The Kier molecular flexibility index (Phi) is 14.3. The second-order valence-electron chi connectivity index (χ2n) is 7.17. The van der Waals surface area contributed by atoms with Crippen molar-refractivity contribution in [2.45, 2.75) is 45.4 Å². The van der Waals surface area contributed by atoms with Crippen LogP contribution in [-0.2, 0) is 20.4 Å². The number of hydrogen-bond donors (Lipinski definition) is 1. The molecule has 0 aliphatic carbocycles. The zero-order valence-corrected chi connectivity index (χ0v) is 21.0. The van der Waals surface area contributed by atoms with Crippen LogP contribution in [0.15, 0.2) is 45.9 Å². The average molecular weight is 521 g/mol. The number of esters is 1. The first-order chi connectivity index (χ1) is 12.5. The van der Waals surface area contributed by atoms with Crippen molar-refractivity contribution in [2.24, 2.45) is 0 Å². The Hall–Kier alpha value is -0.648. The Morgan fingerprint density at radius 2 is 1.48 bits per heavy atom. The number of nitrogens with zero attached hydrogens (tertiary/aromatic N) is 2. The Morgan fingerprint density at radius 3 is 1.90 bits per heavy atom. The van der Waals surface area contributed by atoms with Crippen molar-refractivity contribution in [3.05, 3.63) is 57.0 Å². The molecule has 29 heavy (non-hydrogen) atoms. The van der Waals surface area contributed by atoms with Crippen LogP contribution in [-0.4, -0.2) is 42.7 Å². The Balaban J connectivity index is -0.000000450. The van der Waals surface area contributed by atoms with Crippen molar-refractivity contribution in [3.8, 4) is 0 Å². The summed E-state index contributed by atoms with van der Waals surface area (Å²) in [6.45, 7) is 9.94. The fraction of sp³-hybridized carbons (Fsp3) is 0.450. The number of aromatic nitrogens is 2. The largest absolute Gasteiger partial charge is 1.00 e. The van der Waals surface area contributed by atoms with E-state index < -0.39 is 5.41 Å². The Bertz CT molecular complexity index is 783. The maximum absolute atomic E-state index is 11.7. The standard InChI is InChI=1S/C11H14BrNO2.C9H12BrNO.B.Li.H/c1-4-15-10(14)11(2,3)8-5-9(12)7-13-6-8;1-9(2,6-12)7-3-8(10)5-11-4-7;;;/h5-7H,4H2,1-3H3;3-5,12H,6H2,1-2H3;;;/q;;;+1;-1. The molecule has 0 fully saturated rings. The molecule has 0 saturated carbocycles. The fourth-order valence-electron chi connectivity index (χ4n) is 2.06. The molecule has 1 N–H and O–H groups in total. The molecule has 0 atom stereocenters. The van der Waals surface area contributed by atoms with Crippen molar-refractivity contribution in [2.75, 3.05) is 13.2 Å². The molecule has 2 rings (SSSR count). The van der Waals surface area contributed by atoms with Crippen LogP contribution >= 0.6 is 31.9 Å². The van der Waals surface area contributed by atoms with Gasteiger partial charge >= 0.3 is 24.8 Å². The first kappa shape index (κ1) is 30.5. The molecule has 3 radical (unpaired) electrons. The summed E-state index contributed by atoms with van der Waals surface area (Å²) in [5.74, 6) is -0.232. The summed E-state index contributed by atoms with van der Waals surface area (Å²) in [6.07, 6.45) is 6.88. The maximum Gasteiger partial charge on any atom is 1.00 e. The number of rotatable bonds is 5. The van der Waals surface area contributed by atoms with Crippen LogP contribution in [0.25, 0.3) is 0 Å². The topological polar surface area (TPSA) is 72.3 Å². The van der Waals surface area contributed by atoms with Gasteiger partial charge in [-0.1, -0.05) is 13.8 Å². The molecule has 0 aliphatic rings.